The normalized spacial score (nSPS) is 22.2. The quantitative estimate of drug-likeness (QED) is 0.914. The predicted octanol–water partition coefficient (Wildman–Crippen LogP) is 3.72. The minimum absolute atomic E-state index is 0.0254. The SMILES string of the molecule is CCC[C@@]1(CO)CCCN(C(=O)c2ccc(C(F)(F)F)cc2)C1. The van der Waals surface area contributed by atoms with Crippen LogP contribution in [0.1, 0.15) is 48.5 Å². The van der Waals surface area contributed by atoms with E-state index in [0.717, 1.165) is 37.8 Å². The lowest BCUT2D eigenvalue weighted by molar-refractivity contribution is -0.137. The van der Waals surface area contributed by atoms with E-state index in [-0.39, 0.29) is 23.5 Å². The highest BCUT2D eigenvalue weighted by Gasteiger charge is 2.36. The van der Waals surface area contributed by atoms with Crippen LogP contribution >= 0.6 is 0 Å². The molecule has 1 saturated heterocycles. The Balaban J connectivity index is 2.13. The minimum Gasteiger partial charge on any atom is -0.396 e. The van der Waals surface area contributed by atoms with Gasteiger partial charge in [0.05, 0.1) is 12.2 Å². The number of halogens is 3. The van der Waals surface area contributed by atoms with Gasteiger partial charge in [-0.2, -0.15) is 13.2 Å². The summed E-state index contributed by atoms with van der Waals surface area (Å²) in [5, 5.41) is 9.71. The number of carbonyl (C=O) groups excluding carboxylic acids is 1. The van der Waals surface area contributed by atoms with Gasteiger partial charge in [0.25, 0.3) is 5.91 Å². The fourth-order valence-electron chi connectivity index (χ4n) is 3.31. The molecule has 1 aromatic rings. The molecule has 23 heavy (non-hydrogen) atoms. The first kappa shape index (κ1) is 17.8. The molecule has 1 fully saturated rings. The van der Waals surface area contributed by atoms with Crippen LogP contribution in [0, 0.1) is 5.41 Å². The molecule has 1 aliphatic heterocycles. The van der Waals surface area contributed by atoms with Crippen LogP contribution in [-0.2, 0) is 6.18 Å². The molecule has 1 aromatic carbocycles. The smallest absolute Gasteiger partial charge is 0.396 e. The molecule has 6 heteroatoms. The van der Waals surface area contributed by atoms with Gasteiger partial charge in [0.15, 0.2) is 0 Å². The van der Waals surface area contributed by atoms with Gasteiger partial charge in [-0.1, -0.05) is 13.3 Å². The molecule has 2 rings (SSSR count). The van der Waals surface area contributed by atoms with Gasteiger partial charge >= 0.3 is 6.18 Å². The Morgan fingerprint density at radius 1 is 1.30 bits per heavy atom. The number of hydrogen-bond donors (Lipinski definition) is 1. The number of alkyl halides is 3. The standard InChI is InChI=1S/C17H22F3NO2/c1-2-8-16(12-22)9-3-10-21(11-16)15(23)13-4-6-14(7-5-13)17(18,19)20/h4-7,22H,2-3,8-12H2,1H3/t16-/m1/s1. The van der Waals surface area contributed by atoms with E-state index < -0.39 is 11.7 Å². The van der Waals surface area contributed by atoms with E-state index >= 15 is 0 Å². The third-order valence-electron chi connectivity index (χ3n) is 4.52. The van der Waals surface area contributed by atoms with Crippen LogP contribution in [0.15, 0.2) is 24.3 Å². The Bertz CT molecular complexity index is 538. The van der Waals surface area contributed by atoms with Gasteiger partial charge in [0.1, 0.15) is 0 Å². The summed E-state index contributed by atoms with van der Waals surface area (Å²) in [6.07, 6.45) is -0.982. The molecule has 0 aromatic heterocycles. The zero-order valence-corrected chi connectivity index (χ0v) is 13.2. The summed E-state index contributed by atoms with van der Waals surface area (Å²) < 4.78 is 37.8. The lowest BCUT2D eigenvalue weighted by Crippen LogP contribution is -2.47. The van der Waals surface area contributed by atoms with Crippen molar-refractivity contribution in [3.05, 3.63) is 35.4 Å². The number of carbonyl (C=O) groups is 1. The van der Waals surface area contributed by atoms with Crippen molar-refractivity contribution in [1.29, 1.82) is 0 Å². The fraction of sp³-hybridized carbons (Fsp3) is 0.588. The highest BCUT2D eigenvalue weighted by atomic mass is 19.4. The lowest BCUT2D eigenvalue weighted by Gasteiger charge is -2.42. The summed E-state index contributed by atoms with van der Waals surface area (Å²) in [4.78, 5) is 14.2. The van der Waals surface area contributed by atoms with Crippen LogP contribution in [0.3, 0.4) is 0 Å². The van der Waals surface area contributed by atoms with Crippen molar-refractivity contribution in [1.82, 2.24) is 4.90 Å². The molecular formula is C17H22F3NO2. The molecule has 1 heterocycles. The van der Waals surface area contributed by atoms with Gasteiger partial charge in [0, 0.05) is 24.1 Å². The molecule has 0 aliphatic carbocycles. The van der Waals surface area contributed by atoms with Crippen molar-refractivity contribution < 1.29 is 23.1 Å². The van der Waals surface area contributed by atoms with Gasteiger partial charge < -0.3 is 10.0 Å². The van der Waals surface area contributed by atoms with Gasteiger partial charge in [-0.25, -0.2) is 0 Å². The maximum Gasteiger partial charge on any atom is 0.416 e. The molecular weight excluding hydrogens is 307 g/mol. The number of aliphatic hydroxyl groups excluding tert-OH is 1. The van der Waals surface area contributed by atoms with Crippen molar-refractivity contribution in [2.24, 2.45) is 5.41 Å². The van der Waals surface area contributed by atoms with Crippen LogP contribution in [-0.4, -0.2) is 35.6 Å². The molecule has 1 atom stereocenters. The number of amides is 1. The first-order chi connectivity index (χ1) is 10.8. The molecule has 1 amide bonds. The zero-order chi connectivity index (χ0) is 17.1. The van der Waals surface area contributed by atoms with E-state index in [9.17, 15) is 23.1 Å². The largest absolute Gasteiger partial charge is 0.416 e. The molecule has 0 bridgehead atoms. The summed E-state index contributed by atoms with van der Waals surface area (Å²) in [7, 11) is 0. The summed E-state index contributed by atoms with van der Waals surface area (Å²) in [5.41, 5.74) is -0.791. The lowest BCUT2D eigenvalue weighted by atomic mass is 9.77. The van der Waals surface area contributed by atoms with E-state index in [1.165, 1.54) is 12.1 Å². The molecule has 0 unspecified atom stereocenters. The molecule has 0 radical (unpaired) electrons. The molecule has 3 nitrogen and oxygen atoms in total. The topological polar surface area (TPSA) is 40.5 Å². The third-order valence-corrected chi connectivity index (χ3v) is 4.52. The van der Waals surface area contributed by atoms with Crippen LogP contribution in [0.5, 0.6) is 0 Å². The summed E-state index contributed by atoms with van der Waals surface area (Å²) >= 11 is 0. The van der Waals surface area contributed by atoms with Crippen molar-refractivity contribution >= 4 is 5.91 Å². The van der Waals surface area contributed by atoms with Gasteiger partial charge in [-0.15, -0.1) is 0 Å². The molecule has 128 valence electrons. The summed E-state index contributed by atoms with van der Waals surface area (Å²) in [6.45, 7) is 3.09. The Hall–Kier alpha value is -1.56. The summed E-state index contributed by atoms with van der Waals surface area (Å²) in [5.74, 6) is -0.271. The van der Waals surface area contributed by atoms with Crippen LogP contribution < -0.4 is 0 Å². The second-order valence-corrected chi connectivity index (χ2v) is 6.31. The average Bonchev–Trinajstić information content (AvgIpc) is 2.54. The van der Waals surface area contributed by atoms with Gasteiger partial charge in [-0.3, -0.25) is 4.79 Å². The van der Waals surface area contributed by atoms with Gasteiger partial charge in [0.2, 0.25) is 0 Å². The Morgan fingerprint density at radius 2 is 1.96 bits per heavy atom. The van der Waals surface area contributed by atoms with Crippen LogP contribution in [0.25, 0.3) is 0 Å². The highest BCUT2D eigenvalue weighted by Crippen LogP contribution is 2.35. The zero-order valence-electron chi connectivity index (χ0n) is 13.2. The van der Waals surface area contributed by atoms with E-state index in [2.05, 4.69) is 0 Å². The van der Waals surface area contributed by atoms with E-state index in [0.29, 0.717) is 13.1 Å². The van der Waals surface area contributed by atoms with Crippen LogP contribution in [0.4, 0.5) is 13.2 Å². The number of hydrogen-bond acceptors (Lipinski definition) is 2. The summed E-state index contributed by atoms with van der Waals surface area (Å²) in [6, 6.07) is 4.31. The maximum atomic E-state index is 12.6. The molecule has 1 N–H and O–H groups in total. The molecule has 0 saturated carbocycles. The Kier molecular flexibility index (Phi) is 5.34. The molecule has 1 aliphatic rings. The first-order valence-corrected chi connectivity index (χ1v) is 7.89. The van der Waals surface area contributed by atoms with Crippen molar-refractivity contribution in [2.45, 2.75) is 38.8 Å². The van der Waals surface area contributed by atoms with Crippen molar-refractivity contribution in [2.75, 3.05) is 19.7 Å². The van der Waals surface area contributed by atoms with Crippen molar-refractivity contribution in [3.8, 4) is 0 Å². The monoisotopic (exact) mass is 329 g/mol. The third kappa shape index (κ3) is 4.05. The number of rotatable bonds is 4. The number of aliphatic hydroxyl groups is 1. The molecule has 0 spiro atoms. The van der Waals surface area contributed by atoms with E-state index in [4.69, 9.17) is 0 Å². The highest BCUT2D eigenvalue weighted by molar-refractivity contribution is 5.94. The Morgan fingerprint density at radius 3 is 2.48 bits per heavy atom. The fourth-order valence-corrected chi connectivity index (χ4v) is 3.31. The Labute approximate surface area is 134 Å². The minimum atomic E-state index is -4.40. The average molecular weight is 329 g/mol. The number of nitrogens with zero attached hydrogens (tertiary/aromatic N) is 1. The first-order valence-electron chi connectivity index (χ1n) is 7.89. The van der Waals surface area contributed by atoms with E-state index in [1.807, 2.05) is 6.92 Å². The second-order valence-electron chi connectivity index (χ2n) is 6.31. The van der Waals surface area contributed by atoms with E-state index in [1.54, 1.807) is 4.90 Å². The number of likely N-dealkylation sites (tertiary alicyclic amines) is 1. The van der Waals surface area contributed by atoms with Crippen LogP contribution in [0.2, 0.25) is 0 Å². The van der Waals surface area contributed by atoms with Gasteiger partial charge in [-0.05, 0) is 43.5 Å². The maximum absolute atomic E-state index is 12.6. The number of benzene rings is 1. The second kappa shape index (κ2) is 6.91. The number of piperidine rings is 1. The van der Waals surface area contributed by atoms with Crippen molar-refractivity contribution in [3.63, 3.8) is 0 Å². The predicted molar refractivity (Wildman–Crippen MR) is 81.0 cm³/mol.